The number of nitrogens with zero attached hydrogens (tertiary/aromatic N) is 4. The van der Waals surface area contributed by atoms with Gasteiger partial charge in [-0.25, -0.2) is 15.0 Å². The van der Waals surface area contributed by atoms with Crippen molar-refractivity contribution in [1.82, 2.24) is 19.5 Å². The molecular weight excluding hydrogens is 739 g/mol. The van der Waals surface area contributed by atoms with Crippen LogP contribution in [0.5, 0.6) is 0 Å². The van der Waals surface area contributed by atoms with Crippen LogP contribution in [0.3, 0.4) is 0 Å². The summed E-state index contributed by atoms with van der Waals surface area (Å²) >= 11 is 0. The highest BCUT2D eigenvalue weighted by molar-refractivity contribution is 6.68. The van der Waals surface area contributed by atoms with Crippen molar-refractivity contribution in [1.29, 1.82) is 0 Å². The third-order valence-corrected chi connectivity index (χ3v) is 11.5. The number of rotatable bonds is 6. The maximum atomic E-state index is 6.78. The fourth-order valence-electron chi connectivity index (χ4n) is 8.58. The zero-order chi connectivity index (χ0) is 41.4. The number of fused-ring (bicyclic) bond motifs is 6. The Balaban J connectivity index is 1.08. The van der Waals surface area contributed by atoms with E-state index in [4.69, 9.17) is 58.6 Å². The molecular formula is C51H27B5N4O. The van der Waals surface area contributed by atoms with Crippen molar-refractivity contribution in [2.75, 3.05) is 0 Å². The van der Waals surface area contributed by atoms with Gasteiger partial charge in [0.25, 0.3) is 0 Å². The molecule has 0 unspecified atom stereocenters. The zero-order valence-corrected chi connectivity index (χ0v) is 32.7. The molecule has 0 fully saturated rings. The quantitative estimate of drug-likeness (QED) is 0.169. The molecule has 3 heterocycles. The summed E-state index contributed by atoms with van der Waals surface area (Å²) < 4.78 is 9.11. The maximum absolute atomic E-state index is 6.78. The first-order valence-corrected chi connectivity index (χ1v) is 19.8. The van der Waals surface area contributed by atoms with Crippen LogP contribution < -0.4 is 27.3 Å². The van der Waals surface area contributed by atoms with E-state index in [1.165, 1.54) is 10.8 Å². The van der Waals surface area contributed by atoms with E-state index in [1.807, 2.05) is 84.9 Å². The minimum atomic E-state index is 0.157. The average Bonchev–Trinajstić information content (AvgIpc) is 3.87. The van der Waals surface area contributed by atoms with Gasteiger partial charge in [-0.15, -0.1) is 16.4 Å². The molecule has 8 aromatic carbocycles. The molecule has 61 heavy (non-hydrogen) atoms. The molecule has 0 atom stereocenters. The molecule has 0 aliphatic rings. The Labute approximate surface area is 358 Å². The van der Waals surface area contributed by atoms with Crippen LogP contribution >= 0.6 is 0 Å². The van der Waals surface area contributed by atoms with Gasteiger partial charge in [0, 0.05) is 38.4 Å². The molecule has 0 aliphatic heterocycles. The van der Waals surface area contributed by atoms with Gasteiger partial charge < -0.3 is 8.98 Å². The Morgan fingerprint density at radius 1 is 0.393 bits per heavy atom. The first-order chi connectivity index (χ1) is 29.8. The Kier molecular flexibility index (Phi) is 8.71. The summed E-state index contributed by atoms with van der Waals surface area (Å²) in [6, 6.07) is 55.5. The van der Waals surface area contributed by atoms with Gasteiger partial charge in [-0.05, 0) is 70.8 Å². The zero-order valence-electron chi connectivity index (χ0n) is 32.7. The average molecular weight is 766 g/mol. The second-order valence-electron chi connectivity index (χ2n) is 15.1. The topological polar surface area (TPSA) is 56.7 Å². The van der Waals surface area contributed by atoms with E-state index in [0.717, 1.165) is 55.3 Å². The minimum Gasteiger partial charge on any atom is -0.455 e. The van der Waals surface area contributed by atoms with Crippen LogP contribution in [-0.4, -0.2) is 58.8 Å². The predicted octanol–water partition coefficient (Wildman–Crippen LogP) is 7.17. The number of aromatic nitrogens is 4. The number of hydrogen-bond acceptors (Lipinski definition) is 4. The first kappa shape index (κ1) is 36.8. The maximum Gasteiger partial charge on any atom is 0.167 e. The number of hydrogen-bond donors (Lipinski definition) is 0. The standard InChI is InChI=1S/C51H27B5N4O/c52-43-41(44(53)46(55)47(56)45(43)54)30-14-9-15-31(26-30)50-57-49(28-12-3-1-4-13-28)58-51(59-50)36-21-10-20-35-42-33(19-11-23-40(42)61-48(35)36)29-24-25-39-37(27-29)34-18-7-8-22-38(34)60(39)32-16-5-2-6-17-32/h1-27H. The number of benzene rings is 8. The predicted molar refractivity (Wildman–Crippen MR) is 256 cm³/mol. The van der Waals surface area contributed by atoms with E-state index < -0.39 is 0 Å². The molecule has 0 spiro atoms. The molecule has 5 nitrogen and oxygen atoms in total. The van der Waals surface area contributed by atoms with Crippen molar-refractivity contribution in [3.05, 3.63) is 164 Å². The van der Waals surface area contributed by atoms with Crippen LogP contribution in [0.25, 0.3) is 106 Å². The van der Waals surface area contributed by atoms with Crippen molar-refractivity contribution in [3.63, 3.8) is 0 Å². The van der Waals surface area contributed by atoms with Crippen molar-refractivity contribution in [2.24, 2.45) is 0 Å². The SMILES string of the molecule is [B]c1c([B])c([B])c(-c2cccc(-c3nc(-c4ccccc4)nc(-c4cccc5c4oc4cccc(-c6ccc7c(c6)c6ccccc6n7-c6ccccc6)c45)n3)c2)c([B])c1[B]. The largest absolute Gasteiger partial charge is 0.455 e. The molecule has 272 valence electrons. The van der Waals surface area contributed by atoms with Crippen LogP contribution in [0.15, 0.2) is 168 Å². The van der Waals surface area contributed by atoms with Gasteiger partial charge in [0.05, 0.1) is 16.6 Å². The molecule has 10 heteroatoms. The van der Waals surface area contributed by atoms with E-state index in [0.29, 0.717) is 39.7 Å². The lowest BCUT2D eigenvalue weighted by Crippen LogP contribution is -2.55. The van der Waals surface area contributed by atoms with Gasteiger partial charge in [0.15, 0.2) is 17.5 Å². The highest BCUT2D eigenvalue weighted by atomic mass is 16.3. The van der Waals surface area contributed by atoms with Crippen molar-refractivity contribution in [3.8, 4) is 62.1 Å². The molecule has 11 rings (SSSR count). The van der Waals surface area contributed by atoms with Gasteiger partial charge >= 0.3 is 0 Å². The van der Waals surface area contributed by atoms with Gasteiger partial charge in [-0.3, -0.25) is 0 Å². The summed E-state index contributed by atoms with van der Waals surface area (Å²) in [5, 5.41) is 4.32. The second kappa shape index (κ2) is 14.5. The van der Waals surface area contributed by atoms with E-state index >= 15 is 0 Å². The monoisotopic (exact) mass is 766 g/mol. The highest BCUT2D eigenvalue weighted by Gasteiger charge is 2.21. The third-order valence-electron chi connectivity index (χ3n) is 11.5. The van der Waals surface area contributed by atoms with E-state index in [1.54, 1.807) is 0 Å². The Bertz CT molecular complexity index is 3520. The van der Waals surface area contributed by atoms with Crippen LogP contribution in [-0.2, 0) is 0 Å². The molecule has 0 amide bonds. The summed E-state index contributed by atoms with van der Waals surface area (Å²) in [6.07, 6.45) is 0. The van der Waals surface area contributed by atoms with E-state index in [2.05, 4.69) is 83.4 Å². The van der Waals surface area contributed by atoms with Gasteiger partial charge in [0.2, 0.25) is 0 Å². The normalized spacial score (nSPS) is 11.6. The summed E-state index contributed by atoms with van der Waals surface area (Å²) in [5.41, 5.74) is 11.4. The van der Waals surface area contributed by atoms with E-state index in [9.17, 15) is 0 Å². The second-order valence-corrected chi connectivity index (χ2v) is 15.1. The molecule has 0 saturated carbocycles. The molecule has 10 radical (unpaired) electrons. The van der Waals surface area contributed by atoms with Crippen molar-refractivity contribution < 1.29 is 4.42 Å². The molecule has 11 aromatic rings. The molecule has 0 bridgehead atoms. The van der Waals surface area contributed by atoms with Crippen molar-refractivity contribution >= 4 is 110 Å². The number of furan rings is 1. The summed E-state index contributed by atoms with van der Waals surface area (Å²) in [6.45, 7) is 0. The van der Waals surface area contributed by atoms with Gasteiger partial charge in [0.1, 0.15) is 50.4 Å². The van der Waals surface area contributed by atoms with Crippen molar-refractivity contribution in [2.45, 2.75) is 0 Å². The first-order valence-electron chi connectivity index (χ1n) is 19.8. The van der Waals surface area contributed by atoms with Gasteiger partial charge in [-0.2, -0.15) is 0 Å². The third kappa shape index (κ3) is 5.96. The smallest absolute Gasteiger partial charge is 0.167 e. The molecule has 0 saturated heterocycles. The van der Waals surface area contributed by atoms with E-state index in [-0.39, 0.29) is 27.3 Å². The summed E-state index contributed by atoms with van der Waals surface area (Å²) in [7, 11) is 31.6. The van der Waals surface area contributed by atoms with Crippen LogP contribution in [0.1, 0.15) is 0 Å². The lowest BCUT2D eigenvalue weighted by Gasteiger charge is -2.21. The highest BCUT2D eigenvalue weighted by Crippen LogP contribution is 2.42. The van der Waals surface area contributed by atoms with Gasteiger partial charge in [-0.1, -0.05) is 126 Å². The van der Waals surface area contributed by atoms with Crippen LogP contribution in [0.4, 0.5) is 0 Å². The Morgan fingerprint density at radius 2 is 0.967 bits per heavy atom. The summed E-state index contributed by atoms with van der Waals surface area (Å²) in [4.78, 5) is 15.1. The lowest BCUT2D eigenvalue weighted by atomic mass is 9.59. The summed E-state index contributed by atoms with van der Waals surface area (Å²) in [5.74, 6) is 1.40. The van der Waals surface area contributed by atoms with Crippen LogP contribution in [0, 0.1) is 0 Å². The Hall–Kier alpha value is -7.31. The molecule has 0 N–H and O–H groups in total. The van der Waals surface area contributed by atoms with Crippen LogP contribution in [0.2, 0.25) is 0 Å². The molecule has 0 aliphatic carbocycles. The lowest BCUT2D eigenvalue weighted by molar-refractivity contribution is 0.669. The molecule has 3 aromatic heterocycles. The minimum absolute atomic E-state index is 0.157. The fourth-order valence-corrected chi connectivity index (χ4v) is 8.58. The number of para-hydroxylation sites is 3. The Morgan fingerprint density at radius 3 is 1.75 bits per heavy atom. The fraction of sp³-hybridized carbons (Fsp3) is 0.